The van der Waals surface area contributed by atoms with Crippen LogP contribution >= 0.6 is 0 Å². The highest BCUT2D eigenvalue weighted by Crippen LogP contribution is 2.35. The van der Waals surface area contributed by atoms with Gasteiger partial charge in [0.25, 0.3) is 0 Å². The first-order chi connectivity index (χ1) is 17.0. The highest BCUT2D eigenvalue weighted by molar-refractivity contribution is 5.88. The van der Waals surface area contributed by atoms with Crippen LogP contribution in [0.2, 0.25) is 0 Å². The van der Waals surface area contributed by atoms with Crippen molar-refractivity contribution < 1.29 is 14.3 Å². The quantitative estimate of drug-likeness (QED) is 0.411. The highest BCUT2D eigenvalue weighted by atomic mass is 16.5. The van der Waals surface area contributed by atoms with Gasteiger partial charge in [0.15, 0.2) is 0 Å². The number of ether oxygens (including phenoxy) is 1. The Balaban J connectivity index is 1.50. The fraction of sp³-hybridized carbons (Fsp3) is 0.267. The Morgan fingerprint density at radius 1 is 0.914 bits per heavy atom. The Morgan fingerprint density at radius 2 is 1.49 bits per heavy atom. The number of nitrogens with zero attached hydrogens (tertiary/aromatic N) is 1. The molecule has 1 heterocycles. The summed E-state index contributed by atoms with van der Waals surface area (Å²) >= 11 is 0. The van der Waals surface area contributed by atoms with E-state index in [-0.39, 0.29) is 36.4 Å². The molecule has 3 atom stereocenters. The van der Waals surface area contributed by atoms with Gasteiger partial charge in [0.05, 0.1) is 12.0 Å². The lowest BCUT2D eigenvalue weighted by molar-refractivity contribution is -0.157. The van der Waals surface area contributed by atoms with Gasteiger partial charge in [-0.15, -0.1) is 0 Å². The van der Waals surface area contributed by atoms with Gasteiger partial charge in [-0.1, -0.05) is 117 Å². The molecular formula is C30H32N2O3. The number of likely N-dealkylation sites (tertiary alicyclic amines) is 1. The molecule has 180 valence electrons. The van der Waals surface area contributed by atoms with E-state index in [0.717, 1.165) is 16.7 Å². The van der Waals surface area contributed by atoms with Crippen molar-refractivity contribution in [3.05, 3.63) is 114 Å². The molecule has 0 radical (unpaired) electrons. The molecule has 2 amide bonds. The summed E-state index contributed by atoms with van der Waals surface area (Å²) in [7, 11) is 0. The second-order valence-electron chi connectivity index (χ2n) is 9.21. The maximum absolute atomic E-state index is 13.4. The minimum Gasteiger partial charge on any atom is -0.445 e. The molecule has 1 aliphatic rings. The topological polar surface area (TPSA) is 58.6 Å². The molecular weight excluding hydrogens is 436 g/mol. The van der Waals surface area contributed by atoms with Crippen LogP contribution in [0.1, 0.15) is 30.5 Å². The van der Waals surface area contributed by atoms with Crippen molar-refractivity contribution in [2.24, 2.45) is 11.8 Å². The van der Waals surface area contributed by atoms with E-state index < -0.39 is 6.09 Å². The van der Waals surface area contributed by atoms with Gasteiger partial charge in [-0.05, 0) is 22.6 Å². The molecule has 35 heavy (non-hydrogen) atoms. The molecule has 0 spiro atoms. The van der Waals surface area contributed by atoms with Gasteiger partial charge in [-0.2, -0.15) is 0 Å². The van der Waals surface area contributed by atoms with Crippen LogP contribution in [0.5, 0.6) is 0 Å². The predicted molar refractivity (Wildman–Crippen MR) is 138 cm³/mol. The van der Waals surface area contributed by atoms with E-state index in [1.54, 1.807) is 0 Å². The van der Waals surface area contributed by atoms with Crippen molar-refractivity contribution in [2.75, 3.05) is 0 Å². The van der Waals surface area contributed by atoms with Crippen LogP contribution in [0.25, 0.3) is 6.08 Å². The van der Waals surface area contributed by atoms with Crippen LogP contribution in [-0.2, 0) is 22.7 Å². The zero-order valence-corrected chi connectivity index (χ0v) is 20.2. The van der Waals surface area contributed by atoms with E-state index >= 15 is 0 Å². The van der Waals surface area contributed by atoms with Crippen molar-refractivity contribution in [1.82, 2.24) is 10.2 Å². The van der Waals surface area contributed by atoms with Gasteiger partial charge in [0.1, 0.15) is 6.61 Å². The lowest BCUT2D eigenvalue weighted by atomic mass is 9.76. The van der Waals surface area contributed by atoms with Crippen LogP contribution < -0.4 is 5.32 Å². The second-order valence-corrected chi connectivity index (χ2v) is 9.21. The molecule has 0 aromatic heterocycles. The number of β-lactam (4-membered cyclic amide) rings is 1. The van der Waals surface area contributed by atoms with Gasteiger partial charge in [-0.25, -0.2) is 4.79 Å². The molecule has 0 saturated carbocycles. The van der Waals surface area contributed by atoms with Crippen molar-refractivity contribution in [3.63, 3.8) is 0 Å². The molecule has 1 saturated heterocycles. The van der Waals surface area contributed by atoms with E-state index in [0.29, 0.717) is 6.54 Å². The van der Waals surface area contributed by atoms with Crippen molar-refractivity contribution in [1.29, 1.82) is 0 Å². The summed E-state index contributed by atoms with van der Waals surface area (Å²) in [4.78, 5) is 27.9. The van der Waals surface area contributed by atoms with E-state index in [4.69, 9.17) is 4.74 Å². The summed E-state index contributed by atoms with van der Waals surface area (Å²) in [6, 6.07) is 29.1. The number of carbonyl (C=O) groups is 2. The third-order valence-corrected chi connectivity index (χ3v) is 6.38. The average Bonchev–Trinajstić information content (AvgIpc) is 2.89. The van der Waals surface area contributed by atoms with Crippen LogP contribution in [-0.4, -0.2) is 29.0 Å². The monoisotopic (exact) mass is 468 g/mol. The molecule has 1 N–H and O–H groups in total. The molecule has 5 nitrogen and oxygen atoms in total. The number of hydrogen-bond acceptors (Lipinski definition) is 3. The Labute approximate surface area is 207 Å². The second kappa shape index (κ2) is 11.5. The molecule has 0 aliphatic carbocycles. The maximum atomic E-state index is 13.4. The van der Waals surface area contributed by atoms with Gasteiger partial charge in [0.2, 0.25) is 5.91 Å². The number of nitrogens with one attached hydrogen (secondary N) is 1. The van der Waals surface area contributed by atoms with Crippen molar-refractivity contribution >= 4 is 18.1 Å². The molecule has 0 bridgehead atoms. The van der Waals surface area contributed by atoms with Crippen molar-refractivity contribution in [2.45, 2.75) is 39.1 Å². The maximum Gasteiger partial charge on any atom is 0.407 e. The minimum atomic E-state index is -0.507. The third kappa shape index (κ3) is 6.18. The third-order valence-electron chi connectivity index (χ3n) is 6.38. The molecule has 4 rings (SSSR count). The van der Waals surface area contributed by atoms with Gasteiger partial charge in [0, 0.05) is 12.6 Å². The molecule has 3 aromatic rings. The fourth-order valence-corrected chi connectivity index (χ4v) is 4.50. The molecule has 1 aliphatic heterocycles. The van der Waals surface area contributed by atoms with Crippen LogP contribution in [0, 0.1) is 11.8 Å². The lowest BCUT2D eigenvalue weighted by Gasteiger charge is -2.50. The summed E-state index contributed by atoms with van der Waals surface area (Å²) in [5, 5.41) is 2.99. The largest absolute Gasteiger partial charge is 0.445 e. The van der Waals surface area contributed by atoms with E-state index in [1.165, 1.54) is 0 Å². The van der Waals surface area contributed by atoms with E-state index in [2.05, 4.69) is 11.4 Å². The number of rotatable bonds is 9. The number of hydrogen-bond donors (Lipinski definition) is 1. The summed E-state index contributed by atoms with van der Waals surface area (Å²) in [6.07, 6.45) is 3.62. The zero-order valence-electron chi connectivity index (χ0n) is 20.2. The van der Waals surface area contributed by atoms with Gasteiger partial charge in [-0.3, -0.25) is 4.79 Å². The zero-order chi connectivity index (χ0) is 24.6. The fourth-order valence-electron chi connectivity index (χ4n) is 4.50. The predicted octanol–water partition coefficient (Wildman–Crippen LogP) is 5.68. The smallest absolute Gasteiger partial charge is 0.407 e. The minimum absolute atomic E-state index is 0.0404. The van der Waals surface area contributed by atoms with E-state index in [9.17, 15) is 9.59 Å². The molecule has 0 unspecified atom stereocenters. The molecule has 1 fully saturated rings. The standard InChI is InChI=1S/C30H32N2O3/c1-22(2)28(31-30(34)35-21-25-16-10-5-11-17-25)27-26(19-18-23-12-6-3-7-13-23)32(29(27)33)20-24-14-8-4-9-15-24/h3-19,22,26-28H,20-21H2,1-2H3,(H,31,34)/b19-18+/t26-,27+,28-/m0/s1. The van der Waals surface area contributed by atoms with Gasteiger partial charge < -0.3 is 15.0 Å². The summed E-state index contributed by atoms with van der Waals surface area (Å²) in [5.74, 6) is -0.263. The number of alkyl carbamates (subject to hydrolysis) is 1. The Hall–Kier alpha value is -3.86. The van der Waals surface area contributed by atoms with Gasteiger partial charge >= 0.3 is 6.09 Å². The van der Waals surface area contributed by atoms with Crippen LogP contribution in [0.15, 0.2) is 97.1 Å². The van der Waals surface area contributed by atoms with Crippen molar-refractivity contribution in [3.8, 4) is 0 Å². The molecule has 5 heteroatoms. The van der Waals surface area contributed by atoms with E-state index in [1.807, 2.05) is 116 Å². The lowest BCUT2D eigenvalue weighted by Crippen LogP contribution is -2.67. The normalized spacial score (nSPS) is 18.4. The summed E-state index contributed by atoms with van der Waals surface area (Å²) in [6.45, 7) is 4.76. The summed E-state index contributed by atoms with van der Waals surface area (Å²) < 4.78 is 5.46. The average molecular weight is 469 g/mol. The highest BCUT2D eigenvalue weighted by Gasteiger charge is 2.51. The number of carbonyl (C=O) groups excluding carboxylic acids is 2. The first-order valence-electron chi connectivity index (χ1n) is 12.1. The first kappa shape index (κ1) is 24.3. The Morgan fingerprint density at radius 3 is 2.09 bits per heavy atom. The first-order valence-corrected chi connectivity index (χ1v) is 12.1. The van der Waals surface area contributed by atoms with Crippen LogP contribution in [0.3, 0.4) is 0 Å². The SMILES string of the molecule is CC(C)[C@H](NC(=O)OCc1ccccc1)[C@@H]1C(=O)N(Cc2ccccc2)[C@H]1/C=C/c1ccccc1. The Bertz CT molecular complexity index is 1130. The van der Waals surface area contributed by atoms with Crippen LogP contribution in [0.4, 0.5) is 4.79 Å². The Kier molecular flexibility index (Phi) is 7.99. The summed E-state index contributed by atoms with van der Waals surface area (Å²) in [5.41, 5.74) is 3.07. The number of amides is 2. The number of benzene rings is 3. The molecule has 3 aromatic carbocycles.